The molecule has 4 rings (SSSR count). The van der Waals surface area contributed by atoms with E-state index in [1.807, 2.05) is 0 Å². The van der Waals surface area contributed by atoms with Gasteiger partial charge in [-0.3, -0.25) is 10.1 Å². The van der Waals surface area contributed by atoms with Crippen molar-refractivity contribution in [1.29, 1.82) is 0 Å². The van der Waals surface area contributed by atoms with Gasteiger partial charge in [-0.05, 0) is 49.1 Å². The monoisotopic (exact) mass is 259 g/mol. The number of nitro groups is 1. The first-order valence-electron chi connectivity index (χ1n) is 6.95. The summed E-state index contributed by atoms with van der Waals surface area (Å²) in [5.74, 6) is 2.37. The maximum atomic E-state index is 11.2. The summed E-state index contributed by atoms with van der Waals surface area (Å²) in [7, 11) is 0. The highest BCUT2D eigenvalue weighted by Crippen LogP contribution is 2.57. The number of rotatable bonds is 2. The summed E-state index contributed by atoms with van der Waals surface area (Å²) < 4.78 is 0. The van der Waals surface area contributed by atoms with Crippen LogP contribution >= 0.6 is 0 Å². The van der Waals surface area contributed by atoms with Gasteiger partial charge in [-0.25, -0.2) is 0 Å². The van der Waals surface area contributed by atoms with Gasteiger partial charge in [0.1, 0.15) is 5.69 Å². The number of hydrogen-bond donors (Lipinski definition) is 1. The Morgan fingerprint density at radius 3 is 2.84 bits per heavy atom. The summed E-state index contributed by atoms with van der Waals surface area (Å²) in [6, 6.07) is 5.44. The Morgan fingerprint density at radius 2 is 2.11 bits per heavy atom. The number of nitrogens with two attached hydrogens (primary N) is 1. The minimum absolute atomic E-state index is 0.190. The van der Waals surface area contributed by atoms with Crippen LogP contribution in [-0.2, 0) is 0 Å². The van der Waals surface area contributed by atoms with Crippen LogP contribution in [0.3, 0.4) is 0 Å². The van der Waals surface area contributed by atoms with Crippen LogP contribution in [0.4, 0.5) is 17.1 Å². The molecule has 2 saturated carbocycles. The molecule has 100 valence electrons. The van der Waals surface area contributed by atoms with Crippen molar-refractivity contribution in [3.05, 3.63) is 28.3 Å². The van der Waals surface area contributed by atoms with Gasteiger partial charge >= 0.3 is 0 Å². The highest BCUT2D eigenvalue weighted by atomic mass is 16.6. The van der Waals surface area contributed by atoms with Crippen molar-refractivity contribution >= 4 is 17.1 Å². The molecule has 2 N–H and O–H groups in total. The summed E-state index contributed by atoms with van der Waals surface area (Å²) in [5.41, 5.74) is 7.32. The lowest BCUT2D eigenvalue weighted by atomic mass is 9.76. The topological polar surface area (TPSA) is 72.4 Å². The van der Waals surface area contributed by atoms with E-state index in [-0.39, 0.29) is 10.6 Å². The fraction of sp³-hybridized carbons (Fsp3) is 0.571. The van der Waals surface area contributed by atoms with Gasteiger partial charge in [-0.15, -0.1) is 0 Å². The van der Waals surface area contributed by atoms with Crippen molar-refractivity contribution in [2.24, 2.45) is 17.8 Å². The third-order valence-corrected chi connectivity index (χ3v) is 5.31. The number of nitro benzene ring substituents is 1. The molecule has 0 amide bonds. The summed E-state index contributed by atoms with van der Waals surface area (Å²) in [6.45, 7) is 0.968. The third-order valence-electron chi connectivity index (χ3n) is 5.31. The van der Waals surface area contributed by atoms with Crippen molar-refractivity contribution in [2.75, 3.05) is 17.2 Å². The van der Waals surface area contributed by atoms with E-state index < -0.39 is 0 Å². The molecule has 3 fully saturated rings. The molecule has 0 radical (unpaired) electrons. The van der Waals surface area contributed by atoms with Crippen LogP contribution in [0.1, 0.15) is 19.3 Å². The first kappa shape index (κ1) is 11.1. The van der Waals surface area contributed by atoms with Crippen LogP contribution in [0, 0.1) is 27.9 Å². The number of nitrogens with zero attached hydrogens (tertiary/aromatic N) is 2. The molecule has 0 spiro atoms. The zero-order valence-electron chi connectivity index (χ0n) is 10.7. The normalized spacial score (nSPS) is 35.1. The van der Waals surface area contributed by atoms with Gasteiger partial charge in [-0.2, -0.15) is 0 Å². The number of nitrogen functional groups attached to an aromatic ring is 1. The largest absolute Gasteiger partial charge is 0.399 e. The molecule has 4 unspecified atom stereocenters. The van der Waals surface area contributed by atoms with E-state index in [0.29, 0.717) is 11.7 Å². The lowest BCUT2D eigenvalue weighted by Crippen LogP contribution is -2.59. The Kier molecular flexibility index (Phi) is 2.11. The molecule has 5 heteroatoms. The van der Waals surface area contributed by atoms with Crippen LogP contribution in [0.5, 0.6) is 0 Å². The molecule has 1 heterocycles. The van der Waals surface area contributed by atoms with E-state index >= 15 is 0 Å². The fourth-order valence-electron chi connectivity index (χ4n) is 4.52. The molecular weight excluding hydrogens is 242 g/mol. The molecule has 4 atom stereocenters. The Hall–Kier alpha value is -1.78. The lowest BCUT2D eigenvalue weighted by molar-refractivity contribution is -0.384. The van der Waals surface area contributed by atoms with Crippen LogP contribution in [0.15, 0.2) is 18.2 Å². The molecular formula is C14H17N3O2. The maximum absolute atomic E-state index is 11.2. The van der Waals surface area contributed by atoms with Crippen LogP contribution in [0.25, 0.3) is 0 Å². The highest BCUT2D eigenvalue weighted by molar-refractivity contribution is 5.70. The first-order valence-corrected chi connectivity index (χ1v) is 6.95. The Morgan fingerprint density at radius 1 is 1.32 bits per heavy atom. The number of hydrogen-bond acceptors (Lipinski definition) is 4. The van der Waals surface area contributed by atoms with Gasteiger partial charge in [-0.1, -0.05) is 0 Å². The van der Waals surface area contributed by atoms with Gasteiger partial charge in [0.15, 0.2) is 0 Å². The summed E-state index contributed by atoms with van der Waals surface area (Å²) in [4.78, 5) is 13.1. The second-order valence-electron chi connectivity index (χ2n) is 6.15. The first-order chi connectivity index (χ1) is 9.15. The molecule has 5 nitrogen and oxygen atoms in total. The summed E-state index contributed by atoms with van der Waals surface area (Å²) in [6.07, 6.45) is 3.97. The van der Waals surface area contributed by atoms with Crippen LogP contribution in [-0.4, -0.2) is 17.5 Å². The molecule has 2 aliphatic carbocycles. The van der Waals surface area contributed by atoms with E-state index in [2.05, 4.69) is 4.90 Å². The molecule has 2 bridgehead atoms. The summed E-state index contributed by atoms with van der Waals surface area (Å²) in [5, 5.41) is 11.2. The zero-order chi connectivity index (χ0) is 13.1. The average Bonchev–Trinajstić information content (AvgIpc) is 2.85. The molecule has 3 aliphatic rings. The smallest absolute Gasteiger partial charge is 0.292 e. The van der Waals surface area contributed by atoms with Gasteiger partial charge in [0.2, 0.25) is 0 Å². The Labute approximate surface area is 111 Å². The van der Waals surface area contributed by atoms with E-state index in [9.17, 15) is 10.1 Å². The molecule has 19 heavy (non-hydrogen) atoms. The predicted octanol–water partition coefficient (Wildman–Crippen LogP) is 2.41. The van der Waals surface area contributed by atoms with Crippen molar-refractivity contribution in [3.8, 4) is 0 Å². The van der Waals surface area contributed by atoms with E-state index in [0.717, 1.165) is 30.0 Å². The van der Waals surface area contributed by atoms with E-state index in [4.69, 9.17) is 5.73 Å². The van der Waals surface area contributed by atoms with Crippen molar-refractivity contribution < 1.29 is 4.92 Å². The number of anilines is 2. The number of benzene rings is 1. The standard InChI is InChI=1S/C14H17N3O2/c15-10-3-4-12(17(18)19)13(6-10)16-7-11-8-1-2-9(5-8)14(11)16/h3-4,6,8-9,11,14H,1-2,5,7,15H2. The maximum Gasteiger partial charge on any atom is 0.292 e. The predicted molar refractivity (Wildman–Crippen MR) is 73.0 cm³/mol. The van der Waals surface area contributed by atoms with Gasteiger partial charge in [0, 0.05) is 24.3 Å². The van der Waals surface area contributed by atoms with Crippen LogP contribution < -0.4 is 10.6 Å². The minimum atomic E-state index is -0.296. The molecule has 0 aromatic heterocycles. The average molecular weight is 259 g/mol. The van der Waals surface area contributed by atoms with Crippen molar-refractivity contribution in [3.63, 3.8) is 0 Å². The third kappa shape index (κ3) is 1.41. The van der Waals surface area contributed by atoms with Crippen molar-refractivity contribution in [2.45, 2.75) is 25.3 Å². The second kappa shape index (κ2) is 3.62. The Bertz CT molecular complexity index is 558. The number of fused-ring (bicyclic) bond motifs is 5. The molecule has 1 aliphatic heterocycles. The summed E-state index contributed by atoms with van der Waals surface area (Å²) >= 11 is 0. The van der Waals surface area contributed by atoms with Gasteiger partial charge < -0.3 is 10.6 Å². The molecule has 1 saturated heterocycles. The Balaban J connectivity index is 1.70. The zero-order valence-corrected chi connectivity index (χ0v) is 10.7. The van der Waals surface area contributed by atoms with Crippen LogP contribution in [0.2, 0.25) is 0 Å². The quantitative estimate of drug-likeness (QED) is 0.503. The van der Waals surface area contributed by atoms with Gasteiger partial charge in [0.25, 0.3) is 5.69 Å². The fourth-order valence-corrected chi connectivity index (χ4v) is 4.52. The van der Waals surface area contributed by atoms with E-state index in [1.54, 1.807) is 12.1 Å². The lowest BCUT2D eigenvalue weighted by Gasteiger charge is -2.51. The minimum Gasteiger partial charge on any atom is -0.399 e. The second-order valence-corrected chi connectivity index (χ2v) is 6.15. The molecule has 1 aromatic rings. The van der Waals surface area contributed by atoms with Crippen molar-refractivity contribution in [1.82, 2.24) is 0 Å². The molecule has 1 aromatic carbocycles. The highest BCUT2D eigenvalue weighted by Gasteiger charge is 2.57. The van der Waals surface area contributed by atoms with E-state index in [1.165, 1.54) is 25.3 Å². The van der Waals surface area contributed by atoms with Gasteiger partial charge in [0.05, 0.1) is 4.92 Å². The SMILES string of the molecule is Nc1ccc([N+](=O)[O-])c(N2CC3C4CCC(C4)C32)c1.